The number of hydrogen-bond acceptors (Lipinski definition) is 3. The van der Waals surface area contributed by atoms with Crippen LogP contribution in [0, 0.1) is 5.82 Å². The number of halogens is 3. The molecule has 0 radical (unpaired) electrons. The molecule has 0 bridgehead atoms. The summed E-state index contributed by atoms with van der Waals surface area (Å²) < 4.78 is 13.9. The van der Waals surface area contributed by atoms with Gasteiger partial charge in [-0.05, 0) is 42.4 Å². The first kappa shape index (κ1) is 19.5. The smallest absolute Gasteiger partial charge is 0.238 e. The number of aromatic nitrogens is 1. The molecule has 7 heteroatoms. The van der Waals surface area contributed by atoms with Gasteiger partial charge in [0.25, 0.3) is 0 Å². The van der Waals surface area contributed by atoms with Crippen LogP contribution < -0.4 is 5.32 Å². The van der Waals surface area contributed by atoms with E-state index in [4.69, 9.17) is 23.2 Å². The Balaban J connectivity index is 1.76. The Morgan fingerprint density at radius 3 is 2.63 bits per heavy atom. The molecule has 1 amide bonds. The van der Waals surface area contributed by atoms with E-state index >= 15 is 0 Å². The second-order valence-electron chi connectivity index (χ2n) is 6.09. The summed E-state index contributed by atoms with van der Waals surface area (Å²) in [6.07, 6.45) is 1.67. The van der Waals surface area contributed by atoms with Crippen LogP contribution in [0.25, 0.3) is 10.9 Å². The summed E-state index contributed by atoms with van der Waals surface area (Å²) in [6.45, 7) is 3.05. The quantitative estimate of drug-likeness (QED) is 0.617. The van der Waals surface area contributed by atoms with E-state index in [2.05, 4.69) is 10.3 Å². The lowest BCUT2D eigenvalue weighted by Gasteiger charge is -2.21. The predicted octanol–water partition coefficient (Wildman–Crippen LogP) is 5.14. The molecule has 0 saturated carbocycles. The summed E-state index contributed by atoms with van der Waals surface area (Å²) in [7, 11) is 0. The fourth-order valence-electron chi connectivity index (χ4n) is 2.87. The zero-order valence-corrected chi connectivity index (χ0v) is 16.2. The van der Waals surface area contributed by atoms with Crippen molar-refractivity contribution in [3.63, 3.8) is 0 Å². The lowest BCUT2D eigenvalue weighted by Crippen LogP contribution is -2.33. The highest BCUT2D eigenvalue weighted by Gasteiger charge is 2.15. The van der Waals surface area contributed by atoms with Crippen LogP contribution in [0.2, 0.25) is 10.0 Å². The Hall–Kier alpha value is -2.21. The monoisotopic (exact) mass is 405 g/mol. The van der Waals surface area contributed by atoms with Crippen LogP contribution in [0.3, 0.4) is 0 Å². The predicted molar refractivity (Wildman–Crippen MR) is 108 cm³/mol. The molecule has 1 heterocycles. The zero-order valence-electron chi connectivity index (χ0n) is 14.7. The molecule has 0 aliphatic rings. The standard InChI is InChI=1S/C20H18Cl2FN3O/c1-2-26(12-18(27)25-20-16(21)6-3-7-17(20)22)11-14-10-15(23)9-13-5-4-8-24-19(13)14/h3-10H,2,11-12H2,1H3,(H,25,27). The van der Waals surface area contributed by atoms with Crippen LogP contribution in [-0.2, 0) is 11.3 Å². The molecule has 0 fully saturated rings. The SMILES string of the molecule is CCN(CC(=O)Nc1c(Cl)cccc1Cl)Cc1cc(F)cc2cccnc12. The van der Waals surface area contributed by atoms with Gasteiger partial charge < -0.3 is 5.32 Å². The first-order valence-corrected chi connectivity index (χ1v) is 9.23. The van der Waals surface area contributed by atoms with E-state index in [1.54, 1.807) is 30.5 Å². The first-order chi connectivity index (χ1) is 13.0. The van der Waals surface area contributed by atoms with Crippen LogP contribution >= 0.6 is 23.2 Å². The molecule has 0 unspecified atom stereocenters. The maximum Gasteiger partial charge on any atom is 0.238 e. The molecule has 3 aromatic rings. The van der Waals surface area contributed by atoms with Crippen molar-refractivity contribution in [3.05, 3.63) is 70.1 Å². The highest BCUT2D eigenvalue weighted by atomic mass is 35.5. The number of carbonyl (C=O) groups excluding carboxylic acids is 1. The van der Waals surface area contributed by atoms with E-state index in [0.717, 1.165) is 16.5 Å². The van der Waals surface area contributed by atoms with Crippen LogP contribution in [0.4, 0.5) is 10.1 Å². The van der Waals surface area contributed by atoms with Gasteiger partial charge in [-0.15, -0.1) is 0 Å². The van der Waals surface area contributed by atoms with Gasteiger partial charge in [-0.2, -0.15) is 0 Å². The molecule has 3 rings (SSSR count). The summed E-state index contributed by atoms with van der Waals surface area (Å²) in [5.41, 5.74) is 1.85. The van der Waals surface area contributed by atoms with Gasteiger partial charge in [0.05, 0.1) is 27.8 Å². The van der Waals surface area contributed by atoms with Crippen molar-refractivity contribution < 1.29 is 9.18 Å². The highest BCUT2D eigenvalue weighted by Crippen LogP contribution is 2.29. The molecular weight excluding hydrogens is 388 g/mol. The summed E-state index contributed by atoms with van der Waals surface area (Å²) in [6, 6.07) is 11.5. The number of fused-ring (bicyclic) bond motifs is 1. The van der Waals surface area contributed by atoms with Crippen molar-refractivity contribution >= 4 is 45.7 Å². The summed E-state index contributed by atoms with van der Waals surface area (Å²) in [5, 5.41) is 4.22. The van der Waals surface area contributed by atoms with Crippen molar-refractivity contribution in [1.29, 1.82) is 0 Å². The minimum atomic E-state index is -0.325. The number of nitrogens with zero attached hydrogens (tertiary/aromatic N) is 2. The maximum atomic E-state index is 13.9. The Morgan fingerprint density at radius 1 is 1.19 bits per heavy atom. The van der Waals surface area contributed by atoms with Crippen LogP contribution in [0.15, 0.2) is 48.7 Å². The minimum absolute atomic E-state index is 0.114. The van der Waals surface area contributed by atoms with E-state index in [9.17, 15) is 9.18 Å². The molecule has 2 aromatic carbocycles. The highest BCUT2D eigenvalue weighted by molar-refractivity contribution is 6.39. The fraction of sp³-hybridized carbons (Fsp3) is 0.200. The number of hydrogen-bond donors (Lipinski definition) is 1. The zero-order chi connectivity index (χ0) is 19.4. The number of anilines is 1. The third-order valence-electron chi connectivity index (χ3n) is 4.18. The molecule has 0 atom stereocenters. The molecule has 140 valence electrons. The van der Waals surface area contributed by atoms with E-state index < -0.39 is 0 Å². The van der Waals surface area contributed by atoms with Crippen LogP contribution in [-0.4, -0.2) is 28.9 Å². The normalized spacial score (nSPS) is 11.1. The van der Waals surface area contributed by atoms with Crippen molar-refractivity contribution in [3.8, 4) is 0 Å². The van der Waals surface area contributed by atoms with Gasteiger partial charge in [-0.25, -0.2) is 4.39 Å². The molecule has 1 N–H and O–H groups in total. The van der Waals surface area contributed by atoms with Crippen molar-refractivity contribution in [2.24, 2.45) is 0 Å². The molecule has 27 heavy (non-hydrogen) atoms. The van der Waals surface area contributed by atoms with Gasteiger partial charge in [0, 0.05) is 18.1 Å². The van der Waals surface area contributed by atoms with E-state index in [1.165, 1.54) is 12.1 Å². The van der Waals surface area contributed by atoms with E-state index in [1.807, 2.05) is 17.9 Å². The van der Waals surface area contributed by atoms with Gasteiger partial charge >= 0.3 is 0 Å². The molecule has 1 aromatic heterocycles. The van der Waals surface area contributed by atoms with E-state index in [0.29, 0.717) is 28.8 Å². The largest absolute Gasteiger partial charge is 0.322 e. The number of carbonyl (C=O) groups is 1. The van der Waals surface area contributed by atoms with Gasteiger partial charge in [-0.3, -0.25) is 14.7 Å². The summed E-state index contributed by atoms with van der Waals surface area (Å²) >= 11 is 12.2. The Kier molecular flexibility index (Phi) is 6.26. The molecule has 0 aliphatic heterocycles. The van der Waals surface area contributed by atoms with E-state index in [-0.39, 0.29) is 18.3 Å². The fourth-order valence-corrected chi connectivity index (χ4v) is 3.36. The number of para-hydroxylation sites is 1. The number of likely N-dealkylation sites (N-methyl/N-ethyl adjacent to an activating group) is 1. The summed E-state index contributed by atoms with van der Waals surface area (Å²) in [4.78, 5) is 18.7. The van der Waals surface area contributed by atoms with Crippen LogP contribution in [0.5, 0.6) is 0 Å². The lowest BCUT2D eigenvalue weighted by atomic mass is 10.1. The number of pyridine rings is 1. The molecular formula is C20H18Cl2FN3O. The van der Waals surface area contributed by atoms with Gasteiger partial charge in [0.1, 0.15) is 5.82 Å². The third kappa shape index (κ3) is 4.75. The topological polar surface area (TPSA) is 45.2 Å². The molecule has 0 aliphatic carbocycles. The average molecular weight is 406 g/mol. The molecule has 0 spiro atoms. The first-order valence-electron chi connectivity index (χ1n) is 8.47. The average Bonchev–Trinajstić information content (AvgIpc) is 2.64. The van der Waals surface area contributed by atoms with Crippen molar-refractivity contribution in [2.45, 2.75) is 13.5 Å². The van der Waals surface area contributed by atoms with Crippen molar-refractivity contribution in [2.75, 3.05) is 18.4 Å². The van der Waals surface area contributed by atoms with Crippen LogP contribution in [0.1, 0.15) is 12.5 Å². The maximum absolute atomic E-state index is 13.9. The second-order valence-corrected chi connectivity index (χ2v) is 6.90. The van der Waals surface area contributed by atoms with Gasteiger partial charge in [-0.1, -0.05) is 42.3 Å². The third-order valence-corrected chi connectivity index (χ3v) is 4.81. The number of amides is 1. The van der Waals surface area contributed by atoms with Gasteiger partial charge in [0.2, 0.25) is 5.91 Å². The number of nitrogens with one attached hydrogen (secondary N) is 1. The van der Waals surface area contributed by atoms with Crippen molar-refractivity contribution in [1.82, 2.24) is 9.88 Å². The number of rotatable bonds is 6. The Labute approximate surface area is 166 Å². The summed E-state index contributed by atoms with van der Waals surface area (Å²) in [5.74, 6) is -0.575. The minimum Gasteiger partial charge on any atom is -0.322 e. The number of benzene rings is 2. The van der Waals surface area contributed by atoms with Gasteiger partial charge in [0.15, 0.2) is 0 Å². The lowest BCUT2D eigenvalue weighted by molar-refractivity contribution is -0.117. The Bertz CT molecular complexity index is 960. The molecule has 4 nitrogen and oxygen atoms in total. The molecule has 0 saturated heterocycles. The second kappa shape index (κ2) is 8.65. The Morgan fingerprint density at radius 2 is 1.93 bits per heavy atom.